The second kappa shape index (κ2) is 6.30. The summed E-state index contributed by atoms with van der Waals surface area (Å²) in [6.45, 7) is 1.36. The number of carbonyl (C=O) groups is 1. The van der Waals surface area contributed by atoms with Gasteiger partial charge in [0.25, 0.3) is 5.91 Å². The van der Waals surface area contributed by atoms with E-state index < -0.39 is 5.82 Å². The van der Waals surface area contributed by atoms with Crippen molar-refractivity contribution in [2.45, 2.75) is 24.9 Å². The highest BCUT2D eigenvalue weighted by Crippen LogP contribution is 2.35. The molecule has 2 aliphatic rings. The number of nitrogens with zero attached hydrogens (tertiary/aromatic N) is 5. The molecule has 7 nitrogen and oxygen atoms in total. The number of H-pyrrole nitrogens is 1. The molecule has 5 rings (SSSR count). The van der Waals surface area contributed by atoms with Gasteiger partial charge in [-0.1, -0.05) is 0 Å². The molecule has 1 aromatic carbocycles. The van der Waals surface area contributed by atoms with E-state index in [1.165, 1.54) is 18.2 Å². The molecule has 0 spiro atoms. The first-order valence-corrected chi connectivity index (χ1v) is 9.21. The van der Waals surface area contributed by atoms with Crippen LogP contribution in [0, 0.1) is 17.1 Å². The smallest absolute Gasteiger partial charge is 0.254 e. The molecule has 8 heteroatoms. The molecule has 2 saturated heterocycles. The first-order chi connectivity index (χ1) is 13.7. The number of aromatic nitrogens is 3. The summed E-state index contributed by atoms with van der Waals surface area (Å²) in [7, 11) is 0. The van der Waals surface area contributed by atoms with Gasteiger partial charge in [-0.15, -0.1) is 0 Å². The normalized spacial score (nSPS) is 21.1. The van der Waals surface area contributed by atoms with Gasteiger partial charge in [0.2, 0.25) is 0 Å². The van der Waals surface area contributed by atoms with Crippen molar-refractivity contribution >= 4 is 22.8 Å². The summed E-state index contributed by atoms with van der Waals surface area (Å²) in [4.78, 5) is 29.0. The van der Waals surface area contributed by atoms with Crippen molar-refractivity contribution in [1.29, 1.82) is 5.26 Å². The lowest BCUT2D eigenvalue weighted by Crippen LogP contribution is -2.56. The van der Waals surface area contributed by atoms with Crippen LogP contribution in [-0.2, 0) is 0 Å². The van der Waals surface area contributed by atoms with Gasteiger partial charge in [-0.2, -0.15) is 5.26 Å². The molecular formula is C20H17FN6O. The molecule has 0 saturated carbocycles. The Morgan fingerprint density at radius 3 is 2.71 bits per heavy atom. The minimum Gasteiger partial charge on any atom is -0.352 e. The zero-order valence-electron chi connectivity index (χ0n) is 15.0. The Hall–Kier alpha value is -3.47. The predicted octanol–water partition coefficient (Wildman–Crippen LogP) is 2.46. The largest absolute Gasteiger partial charge is 0.352 e. The summed E-state index contributed by atoms with van der Waals surface area (Å²) in [5.41, 5.74) is 1.03. The van der Waals surface area contributed by atoms with Gasteiger partial charge in [0.1, 0.15) is 29.7 Å². The van der Waals surface area contributed by atoms with Gasteiger partial charge in [-0.3, -0.25) is 4.79 Å². The summed E-state index contributed by atoms with van der Waals surface area (Å²) in [6, 6.07) is 7.91. The first kappa shape index (κ1) is 16.7. The molecule has 2 fully saturated rings. The van der Waals surface area contributed by atoms with Crippen LogP contribution in [0.1, 0.15) is 28.8 Å². The van der Waals surface area contributed by atoms with Crippen molar-refractivity contribution in [3.63, 3.8) is 0 Å². The summed E-state index contributed by atoms with van der Waals surface area (Å²) in [6.07, 6.45) is 5.21. The molecule has 0 unspecified atom stereocenters. The van der Waals surface area contributed by atoms with E-state index in [2.05, 4.69) is 19.9 Å². The second-order valence-electron chi connectivity index (χ2n) is 7.25. The average molecular weight is 376 g/mol. The third kappa shape index (κ3) is 2.51. The predicted molar refractivity (Wildman–Crippen MR) is 100 cm³/mol. The number of aromatic amines is 1. The average Bonchev–Trinajstić information content (AvgIpc) is 3.29. The number of hydrogen-bond donors (Lipinski definition) is 1. The van der Waals surface area contributed by atoms with Gasteiger partial charge in [0, 0.05) is 24.8 Å². The quantitative estimate of drug-likeness (QED) is 0.742. The molecule has 0 aliphatic carbocycles. The number of halogens is 1. The van der Waals surface area contributed by atoms with E-state index >= 15 is 0 Å². The van der Waals surface area contributed by atoms with Crippen molar-refractivity contribution in [3.05, 3.63) is 53.7 Å². The Bertz CT molecular complexity index is 1110. The van der Waals surface area contributed by atoms with E-state index in [0.29, 0.717) is 13.1 Å². The van der Waals surface area contributed by atoms with Crippen LogP contribution in [0.3, 0.4) is 0 Å². The van der Waals surface area contributed by atoms with Crippen LogP contribution in [0.4, 0.5) is 10.2 Å². The summed E-state index contributed by atoms with van der Waals surface area (Å²) in [5.74, 6) is 0.0415. The Balaban J connectivity index is 1.42. The number of benzene rings is 1. The van der Waals surface area contributed by atoms with E-state index in [4.69, 9.17) is 5.26 Å². The minimum absolute atomic E-state index is 0.0499. The number of piperazine rings is 1. The lowest BCUT2D eigenvalue weighted by atomic mass is 10.1. The highest BCUT2D eigenvalue weighted by molar-refractivity contribution is 5.95. The lowest BCUT2D eigenvalue weighted by Gasteiger charge is -2.41. The molecule has 4 heterocycles. The van der Waals surface area contributed by atoms with Crippen LogP contribution in [0.5, 0.6) is 0 Å². The zero-order chi connectivity index (χ0) is 19.3. The Morgan fingerprint density at radius 1 is 1.21 bits per heavy atom. The molecule has 2 aromatic heterocycles. The van der Waals surface area contributed by atoms with Crippen LogP contribution in [0.25, 0.3) is 11.0 Å². The van der Waals surface area contributed by atoms with Crippen LogP contribution < -0.4 is 4.90 Å². The molecule has 1 N–H and O–H groups in total. The van der Waals surface area contributed by atoms with Gasteiger partial charge in [-0.05, 0) is 37.1 Å². The number of hydrogen-bond acceptors (Lipinski definition) is 5. The number of fused-ring (bicyclic) bond motifs is 3. The molecule has 3 aromatic rings. The first-order valence-electron chi connectivity index (χ1n) is 9.21. The van der Waals surface area contributed by atoms with Crippen LogP contribution >= 0.6 is 0 Å². The Labute approximate surface area is 160 Å². The van der Waals surface area contributed by atoms with Crippen molar-refractivity contribution in [2.75, 3.05) is 18.0 Å². The number of anilines is 1. The summed E-state index contributed by atoms with van der Waals surface area (Å²) >= 11 is 0. The summed E-state index contributed by atoms with van der Waals surface area (Å²) < 4.78 is 14.0. The number of nitriles is 1. The molecule has 1 amide bonds. The highest BCUT2D eigenvalue weighted by Gasteiger charge is 2.43. The van der Waals surface area contributed by atoms with Gasteiger partial charge < -0.3 is 14.8 Å². The van der Waals surface area contributed by atoms with Crippen molar-refractivity contribution in [1.82, 2.24) is 19.9 Å². The van der Waals surface area contributed by atoms with Crippen molar-refractivity contribution < 1.29 is 9.18 Å². The van der Waals surface area contributed by atoms with Crippen molar-refractivity contribution in [3.8, 4) is 6.07 Å². The third-order valence-electron chi connectivity index (χ3n) is 5.69. The fourth-order valence-corrected chi connectivity index (χ4v) is 4.41. The van der Waals surface area contributed by atoms with Crippen molar-refractivity contribution in [2.24, 2.45) is 0 Å². The lowest BCUT2D eigenvalue weighted by molar-refractivity contribution is 0.0641. The molecule has 140 valence electrons. The molecular weight excluding hydrogens is 359 g/mol. The summed E-state index contributed by atoms with van der Waals surface area (Å²) in [5, 5.41) is 9.85. The van der Waals surface area contributed by atoms with Crippen LogP contribution in [0.15, 0.2) is 36.8 Å². The third-order valence-corrected chi connectivity index (χ3v) is 5.69. The van der Waals surface area contributed by atoms with E-state index in [1.54, 1.807) is 12.4 Å². The molecule has 2 aliphatic heterocycles. The van der Waals surface area contributed by atoms with Crippen LogP contribution in [-0.4, -0.2) is 50.9 Å². The Kier molecular flexibility index (Phi) is 3.76. The SMILES string of the molecule is N#Cc1ccc(C(=O)N2[C@@H]3CC[C@@H]2CN(c2ncnc4[nH]ccc24)C3)cc1F. The fourth-order valence-electron chi connectivity index (χ4n) is 4.41. The number of rotatable bonds is 2. The molecule has 2 atom stereocenters. The van der Waals surface area contributed by atoms with E-state index in [0.717, 1.165) is 29.7 Å². The van der Waals surface area contributed by atoms with Gasteiger partial charge in [0.15, 0.2) is 0 Å². The number of carbonyl (C=O) groups excluding carboxylic acids is 1. The van der Waals surface area contributed by atoms with E-state index in [-0.39, 0.29) is 29.1 Å². The van der Waals surface area contributed by atoms with Gasteiger partial charge in [0.05, 0.1) is 23.0 Å². The number of amides is 1. The van der Waals surface area contributed by atoms with Gasteiger partial charge >= 0.3 is 0 Å². The number of nitrogens with one attached hydrogen (secondary N) is 1. The molecule has 28 heavy (non-hydrogen) atoms. The van der Waals surface area contributed by atoms with E-state index in [9.17, 15) is 9.18 Å². The van der Waals surface area contributed by atoms with E-state index in [1.807, 2.05) is 17.2 Å². The molecule has 0 radical (unpaired) electrons. The standard InChI is InChI=1S/C20H17FN6O/c21-17-7-12(1-2-13(17)8-22)20(28)27-14-3-4-15(27)10-26(9-14)19-16-5-6-23-18(16)24-11-25-19/h1-2,5-7,11,14-15H,3-4,9-10H2,(H,23,24,25)/t14-,15-/m1/s1. The Morgan fingerprint density at radius 2 is 2.00 bits per heavy atom. The minimum atomic E-state index is -0.657. The monoisotopic (exact) mass is 376 g/mol. The van der Waals surface area contributed by atoms with Gasteiger partial charge in [-0.25, -0.2) is 14.4 Å². The second-order valence-corrected chi connectivity index (χ2v) is 7.25. The van der Waals surface area contributed by atoms with Crippen LogP contribution in [0.2, 0.25) is 0 Å². The zero-order valence-corrected chi connectivity index (χ0v) is 15.0. The maximum absolute atomic E-state index is 14.0. The molecule has 2 bridgehead atoms. The maximum atomic E-state index is 14.0. The topological polar surface area (TPSA) is 88.9 Å². The highest BCUT2D eigenvalue weighted by atomic mass is 19.1. The maximum Gasteiger partial charge on any atom is 0.254 e. The fraction of sp³-hybridized carbons (Fsp3) is 0.300.